The van der Waals surface area contributed by atoms with E-state index in [1.807, 2.05) is 24.3 Å². The zero-order chi connectivity index (χ0) is 20.4. The van der Waals surface area contributed by atoms with Crippen LogP contribution in [0.25, 0.3) is 11.0 Å². The monoisotopic (exact) mass is 408 g/mol. The Morgan fingerprint density at radius 1 is 1.07 bits per heavy atom. The molecule has 0 aliphatic carbocycles. The summed E-state index contributed by atoms with van der Waals surface area (Å²) >= 11 is 6.03. The zero-order valence-corrected chi connectivity index (χ0v) is 15.6. The number of para-hydroxylation sites is 2. The van der Waals surface area contributed by atoms with Gasteiger partial charge in [-0.15, -0.1) is 5.10 Å². The van der Waals surface area contributed by atoms with Crippen LogP contribution in [0.5, 0.6) is 11.5 Å². The van der Waals surface area contributed by atoms with Gasteiger partial charge in [-0.2, -0.15) is 0 Å². The molecular weight excluding hydrogens is 396 g/mol. The first-order chi connectivity index (χ1) is 14.0. The Morgan fingerprint density at radius 3 is 2.59 bits per heavy atom. The number of ether oxygens (including phenoxy) is 1. The number of aromatic nitrogens is 3. The predicted octanol–water partition coefficient (Wildman–Crippen LogP) is 4.67. The van der Waals surface area contributed by atoms with Gasteiger partial charge in [-0.05, 0) is 42.5 Å². The average Bonchev–Trinajstić information content (AvgIpc) is 3.13. The summed E-state index contributed by atoms with van der Waals surface area (Å²) in [6, 6.07) is 17.9. The first kappa shape index (κ1) is 18.6. The lowest BCUT2D eigenvalue weighted by atomic mass is 10.1. The summed E-state index contributed by atoms with van der Waals surface area (Å²) in [5, 5.41) is 19.3. The highest BCUT2D eigenvalue weighted by Crippen LogP contribution is 2.37. The molecule has 1 aromatic heterocycles. The highest BCUT2D eigenvalue weighted by Gasteiger charge is 2.19. The van der Waals surface area contributed by atoms with E-state index in [9.17, 15) is 14.9 Å². The van der Waals surface area contributed by atoms with Crippen molar-refractivity contribution in [2.75, 3.05) is 0 Å². The first-order valence-electron chi connectivity index (χ1n) is 8.55. The molecule has 9 heteroatoms. The third kappa shape index (κ3) is 3.78. The van der Waals surface area contributed by atoms with Crippen LogP contribution in [0.4, 0.5) is 5.69 Å². The van der Waals surface area contributed by atoms with Crippen molar-refractivity contribution in [3.8, 4) is 11.5 Å². The van der Waals surface area contributed by atoms with Crippen LogP contribution in [-0.4, -0.2) is 25.7 Å². The molecule has 3 aromatic carbocycles. The molecule has 0 unspecified atom stereocenters. The highest BCUT2D eigenvalue weighted by molar-refractivity contribution is 6.32. The van der Waals surface area contributed by atoms with E-state index >= 15 is 0 Å². The fourth-order valence-corrected chi connectivity index (χ4v) is 3.04. The summed E-state index contributed by atoms with van der Waals surface area (Å²) in [6.45, 7) is 0.0384. The number of nitrogens with zero attached hydrogens (tertiary/aromatic N) is 4. The molecule has 0 fully saturated rings. The second kappa shape index (κ2) is 7.69. The van der Waals surface area contributed by atoms with Gasteiger partial charge in [-0.3, -0.25) is 14.9 Å². The van der Waals surface area contributed by atoms with E-state index in [2.05, 4.69) is 10.3 Å². The van der Waals surface area contributed by atoms with E-state index < -0.39 is 4.92 Å². The number of halogens is 1. The van der Waals surface area contributed by atoms with Gasteiger partial charge >= 0.3 is 5.69 Å². The second-order valence-electron chi connectivity index (χ2n) is 6.13. The molecule has 0 saturated heterocycles. The van der Waals surface area contributed by atoms with Crippen molar-refractivity contribution in [2.45, 2.75) is 6.54 Å². The Bertz CT molecular complexity index is 1220. The standard InChI is InChI=1S/C20H13ClN4O4/c21-15-4-3-7-18(25(27)28)20(15)29-14-10-8-13(9-11-14)19(26)12-24-17-6-2-1-5-16(17)22-23-24/h1-11H,12H2. The maximum Gasteiger partial charge on any atom is 0.313 e. The molecule has 0 bridgehead atoms. The van der Waals surface area contributed by atoms with E-state index in [1.165, 1.54) is 22.9 Å². The molecule has 4 rings (SSSR count). The van der Waals surface area contributed by atoms with Gasteiger partial charge in [0.15, 0.2) is 5.78 Å². The molecule has 8 nitrogen and oxygen atoms in total. The van der Waals surface area contributed by atoms with Crippen molar-refractivity contribution in [3.63, 3.8) is 0 Å². The number of hydrogen-bond donors (Lipinski definition) is 0. The van der Waals surface area contributed by atoms with Crippen LogP contribution in [0.2, 0.25) is 5.02 Å². The van der Waals surface area contributed by atoms with Crippen molar-refractivity contribution in [3.05, 3.63) is 87.4 Å². The highest BCUT2D eigenvalue weighted by atomic mass is 35.5. The maximum absolute atomic E-state index is 12.6. The van der Waals surface area contributed by atoms with Gasteiger partial charge in [0, 0.05) is 11.6 Å². The third-order valence-electron chi connectivity index (χ3n) is 4.25. The van der Waals surface area contributed by atoms with Crippen LogP contribution in [0.3, 0.4) is 0 Å². The van der Waals surface area contributed by atoms with Gasteiger partial charge in [-0.25, -0.2) is 4.68 Å². The summed E-state index contributed by atoms with van der Waals surface area (Å²) in [7, 11) is 0. The molecule has 0 radical (unpaired) electrons. The van der Waals surface area contributed by atoms with Crippen LogP contribution < -0.4 is 4.74 Å². The largest absolute Gasteiger partial charge is 0.449 e. The maximum atomic E-state index is 12.6. The quantitative estimate of drug-likeness (QED) is 0.261. The van der Waals surface area contributed by atoms with Crippen molar-refractivity contribution < 1.29 is 14.5 Å². The number of nitro benzene ring substituents is 1. The molecule has 4 aromatic rings. The van der Waals surface area contributed by atoms with Gasteiger partial charge in [0.25, 0.3) is 0 Å². The normalized spacial score (nSPS) is 10.8. The Balaban J connectivity index is 1.53. The number of carbonyl (C=O) groups excluding carboxylic acids is 1. The molecule has 0 atom stereocenters. The van der Waals surface area contributed by atoms with Gasteiger partial charge in [-0.1, -0.05) is 35.0 Å². The van der Waals surface area contributed by atoms with Crippen LogP contribution >= 0.6 is 11.6 Å². The number of hydrogen-bond acceptors (Lipinski definition) is 6. The van der Waals surface area contributed by atoms with E-state index in [0.29, 0.717) is 16.8 Å². The molecule has 144 valence electrons. The van der Waals surface area contributed by atoms with Crippen LogP contribution in [-0.2, 0) is 6.54 Å². The number of ketones is 1. The molecule has 1 heterocycles. The first-order valence-corrected chi connectivity index (χ1v) is 8.93. The molecule has 0 spiro atoms. The van der Waals surface area contributed by atoms with E-state index in [-0.39, 0.29) is 28.8 Å². The number of carbonyl (C=O) groups is 1. The number of benzene rings is 3. The van der Waals surface area contributed by atoms with Crippen LogP contribution in [0.15, 0.2) is 66.7 Å². The van der Waals surface area contributed by atoms with Crippen molar-refractivity contribution in [2.24, 2.45) is 0 Å². The van der Waals surface area contributed by atoms with E-state index in [1.54, 1.807) is 24.3 Å². The summed E-state index contributed by atoms with van der Waals surface area (Å²) in [4.78, 5) is 23.2. The molecule has 0 amide bonds. The minimum Gasteiger partial charge on any atom is -0.449 e. The Labute approximate surface area is 169 Å². The molecule has 0 N–H and O–H groups in total. The molecular formula is C20H13ClN4O4. The topological polar surface area (TPSA) is 100 Å². The lowest BCUT2D eigenvalue weighted by Gasteiger charge is -2.09. The lowest BCUT2D eigenvalue weighted by Crippen LogP contribution is -2.11. The summed E-state index contributed by atoms with van der Waals surface area (Å²) < 4.78 is 7.12. The molecule has 0 aliphatic rings. The minimum absolute atomic E-state index is 0.0384. The predicted molar refractivity (Wildman–Crippen MR) is 106 cm³/mol. The summed E-state index contributed by atoms with van der Waals surface area (Å²) in [6.07, 6.45) is 0. The zero-order valence-electron chi connectivity index (χ0n) is 14.9. The number of nitro groups is 1. The fourth-order valence-electron chi connectivity index (χ4n) is 2.83. The van der Waals surface area contributed by atoms with Gasteiger partial charge in [0.2, 0.25) is 5.75 Å². The van der Waals surface area contributed by atoms with Crippen LogP contribution in [0.1, 0.15) is 10.4 Å². The number of fused-ring (bicyclic) bond motifs is 1. The van der Waals surface area contributed by atoms with Crippen molar-refractivity contribution in [1.29, 1.82) is 0 Å². The Kier molecular flexibility index (Phi) is 4.92. The molecule has 0 saturated carbocycles. The SMILES string of the molecule is O=C(Cn1nnc2ccccc21)c1ccc(Oc2c(Cl)cccc2[N+](=O)[O-])cc1. The van der Waals surface area contributed by atoms with Crippen molar-refractivity contribution in [1.82, 2.24) is 15.0 Å². The minimum atomic E-state index is -0.568. The summed E-state index contributed by atoms with van der Waals surface area (Å²) in [5.74, 6) is 0.118. The van der Waals surface area contributed by atoms with Gasteiger partial charge < -0.3 is 4.74 Å². The van der Waals surface area contributed by atoms with E-state index in [0.717, 1.165) is 5.52 Å². The van der Waals surface area contributed by atoms with E-state index in [4.69, 9.17) is 16.3 Å². The lowest BCUT2D eigenvalue weighted by molar-refractivity contribution is -0.385. The second-order valence-corrected chi connectivity index (χ2v) is 6.54. The third-order valence-corrected chi connectivity index (χ3v) is 4.55. The smallest absolute Gasteiger partial charge is 0.313 e. The average molecular weight is 409 g/mol. The number of Topliss-reactive ketones (excluding diaryl/α,β-unsaturated/α-hetero) is 1. The Morgan fingerprint density at radius 2 is 1.83 bits per heavy atom. The fraction of sp³-hybridized carbons (Fsp3) is 0.0500. The Hall–Kier alpha value is -3.78. The summed E-state index contributed by atoms with van der Waals surface area (Å²) in [5.41, 5.74) is 1.69. The van der Waals surface area contributed by atoms with Crippen LogP contribution in [0, 0.1) is 10.1 Å². The van der Waals surface area contributed by atoms with Gasteiger partial charge in [0.1, 0.15) is 17.8 Å². The van der Waals surface area contributed by atoms with Crippen molar-refractivity contribution >= 4 is 34.1 Å². The molecule has 0 aliphatic heterocycles. The number of rotatable bonds is 6. The molecule has 29 heavy (non-hydrogen) atoms. The van der Waals surface area contributed by atoms with Gasteiger partial charge in [0.05, 0.1) is 15.5 Å².